The maximum Gasteiger partial charge on any atom is 0.240 e. The van der Waals surface area contributed by atoms with Crippen molar-refractivity contribution in [3.8, 4) is 11.5 Å². The van der Waals surface area contributed by atoms with Crippen molar-refractivity contribution in [2.24, 2.45) is 0 Å². The van der Waals surface area contributed by atoms with Crippen LogP contribution in [0, 0.1) is 0 Å². The van der Waals surface area contributed by atoms with Gasteiger partial charge in [0.2, 0.25) is 10.0 Å². The minimum Gasteiger partial charge on any atom is -0.485 e. The van der Waals surface area contributed by atoms with Crippen LogP contribution in [0.5, 0.6) is 11.5 Å². The minimum absolute atomic E-state index is 0.0634. The van der Waals surface area contributed by atoms with Crippen LogP contribution in [0.1, 0.15) is 16.7 Å². The van der Waals surface area contributed by atoms with E-state index >= 15 is 0 Å². The summed E-state index contributed by atoms with van der Waals surface area (Å²) in [5.41, 5.74) is 2.99. The van der Waals surface area contributed by atoms with Gasteiger partial charge >= 0.3 is 0 Å². The molecule has 36 heavy (non-hydrogen) atoms. The highest BCUT2D eigenvalue weighted by atomic mass is 35.5. The average molecular weight is 542 g/mol. The van der Waals surface area contributed by atoms with Gasteiger partial charge in [0.15, 0.2) is 11.5 Å². The smallest absolute Gasteiger partial charge is 0.240 e. The van der Waals surface area contributed by atoms with Gasteiger partial charge in [-0.15, -0.1) is 0 Å². The van der Waals surface area contributed by atoms with Gasteiger partial charge in [-0.1, -0.05) is 89.9 Å². The molecule has 0 saturated carbocycles. The third kappa shape index (κ3) is 7.24. The zero-order chi connectivity index (χ0) is 25.4. The molecule has 0 heterocycles. The normalized spacial score (nSPS) is 11.3. The summed E-state index contributed by atoms with van der Waals surface area (Å²) in [4.78, 5) is 0.0634. The Labute approximate surface area is 221 Å². The zero-order valence-electron chi connectivity index (χ0n) is 19.4. The molecule has 0 unspecified atom stereocenters. The average Bonchev–Trinajstić information content (AvgIpc) is 2.89. The van der Waals surface area contributed by atoms with Crippen molar-refractivity contribution in [2.75, 3.05) is 6.54 Å². The predicted octanol–water partition coefficient (Wildman–Crippen LogP) is 6.67. The molecule has 0 aliphatic rings. The Bertz CT molecular complexity index is 1400. The molecule has 186 valence electrons. The molecule has 0 aliphatic heterocycles. The van der Waals surface area contributed by atoms with Crippen LogP contribution < -0.4 is 14.2 Å². The second kappa shape index (κ2) is 12.3. The molecule has 1 N–H and O–H groups in total. The lowest BCUT2D eigenvalue weighted by atomic mass is 10.1. The largest absolute Gasteiger partial charge is 0.485 e. The van der Waals surface area contributed by atoms with E-state index in [1.165, 1.54) is 18.2 Å². The highest BCUT2D eigenvalue weighted by Crippen LogP contribution is 2.30. The summed E-state index contributed by atoms with van der Waals surface area (Å²) in [7, 11) is -3.72. The summed E-state index contributed by atoms with van der Waals surface area (Å²) in [5, 5.41) is 0.485. The number of sulfonamides is 1. The van der Waals surface area contributed by atoms with Gasteiger partial charge in [0, 0.05) is 6.54 Å². The van der Waals surface area contributed by atoms with Crippen molar-refractivity contribution in [2.45, 2.75) is 24.5 Å². The minimum atomic E-state index is -3.72. The predicted molar refractivity (Wildman–Crippen MR) is 143 cm³/mol. The van der Waals surface area contributed by atoms with Crippen LogP contribution in [-0.4, -0.2) is 15.0 Å². The van der Waals surface area contributed by atoms with Crippen LogP contribution in [-0.2, 0) is 29.7 Å². The third-order valence-corrected chi connectivity index (χ3v) is 7.59. The molecule has 0 bridgehead atoms. The summed E-state index contributed by atoms with van der Waals surface area (Å²) in [5.74, 6) is 1.22. The van der Waals surface area contributed by atoms with E-state index in [1.54, 1.807) is 0 Å². The second-order valence-electron chi connectivity index (χ2n) is 8.05. The molecule has 0 radical (unpaired) electrons. The van der Waals surface area contributed by atoms with Gasteiger partial charge in [-0.2, -0.15) is 0 Å². The molecule has 5 nitrogen and oxygen atoms in total. The first-order valence-corrected chi connectivity index (χ1v) is 13.6. The van der Waals surface area contributed by atoms with Crippen LogP contribution in [0.15, 0.2) is 102 Å². The van der Waals surface area contributed by atoms with Crippen molar-refractivity contribution in [3.63, 3.8) is 0 Å². The molecule has 0 spiro atoms. The molecule has 4 rings (SSSR count). The van der Waals surface area contributed by atoms with Gasteiger partial charge in [0.25, 0.3) is 0 Å². The number of ether oxygens (including phenoxy) is 2. The van der Waals surface area contributed by atoms with E-state index < -0.39 is 10.0 Å². The highest BCUT2D eigenvalue weighted by Gasteiger charge is 2.15. The van der Waals surface area contributed by atoms with Crippen LogP contribution in [0.25, 0.3) is 0 Å². The fourth-order valence-corrected chi connectivity index (χ4v) is 4.89. The lowest BCUT2D eigenvalue weighted by molar-refractivity contribution is 0.255. The Kier molecular flexibility index (Phi) is 8.88. The molecular weight excluding hydrogens is 517 g/mol. The second-order valence-corrected chi connectivity index (χ2v) is 10.6. The molecular formula is C28H25Cl2NO4S. The monoisotopic (exact) mass is 541 g/mol. The first-order valence-electron chi connectivity index (χ1n) is 11.3. The molecule has 0 atom stereocenters. The molecule has 0 aromatic heterocycles. The van der Waals surface area contributed by atoms with Crippen molar-refractivity contribution in [1.29, 1.82) is 0 Å². The van der Waals surface area contributed by atoms with E-state index in [2.05, 4.69) is 4.72 Å². The SMILES string of the molecule is O=S(=O)(NCCc1ccc(OCc2ccccc2)c(OCc2ccccc2)c1)c1ccc(Cl)c(Cl)c1. The van der Waals surface area contributed by atoms with E-state index in [1.807, 2.05) is 78.9 Å². The topological polar surface area (TPSA) is 64.6 Å². The molecule has 0 fully saturated rings. The van der Waals surface area contributed by atoms with Crippen molar-refractivity contribution in [1.82, 2.24) is 4.72 Å². The van der Waals surface area contributed by atoms with Gasteiger partial charge in [0.05, 0.1) is 14.9 Å². The number of hydrogen-bond acceptors (Lipinski definition) is 4. The van der Waals surface area contributed by atoms with Crippen molar-refractivity contribution >= 4 is 33.2 Å². The Morgan fingerprint density at radius 3 is 1.86 bits per heavy atom. The molecule has 4 aromatic carbocycles. The molecule has 0 saturated heterocycles. The number of nitrogens with one attached hydrogen (secondary N) is 1. The van der Waals surface area contributed by atoms with Gasteiger partial charge in [-0.3, -0.25) is 0 Å². The maximum absolute atomic E-state index is 12.6. The Balaban J connectivity index is 1.44. The number of halogens is 2. The van der Waals surface area contributed by atoms with Crippen LogP contribution >= 0.6 is 23.2 Å². The molecule has 0 aliphatic carbocycles. The number of rotatable bonds is 11. The maximum atomic E-state index is 12.6. The molecule has 0 amide bonds. The van der Waals surface area contributed by atoms with Gasteiger partial charge in [0.1, 0.15) is 13.2 Å². The lowest BCUT2D eigenvalue weighted by Crippen LogP contribution is -2.26. The first-order chi connectivity index (χ1) is 17.4. The van der Waals surface area contributed by atoms with Crippen LogP contribution in [0.3, 0.4) is 0 Å². The van der Waals surface area contributed by atoms with Crippen LogP contribution in [0.4, 0.5) is 0 Å². The van der Waals surface area contributed by atoms with E-state index in [0.717, 1.165) is 16.7 Å². The van der Waals surface area contributed by atoms with E-state index in [9.17, 15) is 8.42 Å². The first kappa shape index (κ1) is 26.0. The summed E-state index contributed by atoms with van der Waals surface area (Å²) < 4.78 is 40.0. The van der Waals surface area contributed by atoms with E-state index in [-0.39, 0.29) is 16.5 Å². The van der Waals surface area contributed by atoms with Gasteiger partial charge < -0.3 is 9.47 Å². The van der Waals surface area contributed by atoms with Crippen molar-refractivity contribution < 1.29 is 17.9 Å². The fourth-order valence-electron chi connectivity index (χ4n) is 3.47. The van der Waals surface area contributed by atoms with Gasteiger partial charge in [-0.05, 0) is 53.4 Å². The summed E-state index contributed by atoms with van der Waals surface area (Å²) in [6.07, 6.45) is 0.460. The van der Waals surface area contributed by atoms with E-state index in [0.29, 0.717) is 36.2 Å². The highest BCUT2D eigenvalue weighted by molar-refractivity contribution is 7.89. The van der Waals surface area contributed by atoms with Crippen molar-refractivity contribution in [3.05, 3.63) is 124 Å². The quantitative estimate of drug-likeness (QED) is 0.230. The lowest BCUT2D eigenvalue weighted by Gasteiger charge is -2.15. The Hall–Kier alpha value is -3.03. The fraction of sp³-hybridized carbons (Fsp3) is 0.143. The van der Waals surface area contributed by atoms with E-state index in [4.69, 9.17) is 32.7 Å². The summed E-state index contributed by atoms with van der Waals surface area (Å²) in [6, 6.07) is 29.6. The Morgan fingerprint density at radius 2 is 1.25 bits per heavy atom. The molecule has 4 aromatic rings. The van der Waals surface area contributed by atoms with Crippen LogP contribution in [0.2, 0.25) is 10.0 Å². The third-order valence-electron chi connectivity index (χ3n) is 5.39. The summed E-state index contributed by atoms with van der Waals surface area (Å²) >= 11 is 11.9. The number of hydrogen-bond donors (Lipinski definition) is 1. The Morgan fingerprint density at radius 1 is 0.639 bits per heavy atom. The standard InChI is InChI=1S/C28H25Cl2NO4S/c29-25-13-12-24(18-26(25)30)36(32,33)31-16-15-21-11-14-27(34-19-22-7-3-1-4-8-22)28(17-21)35-20-23-9-5-2-6-10-23/h1-14,17-18,31H,15-16,19-20H2. The zero-order valence-corrected chi connectivity index (χ0v) is 21.7. The number of benzene rings is 4. The van der Waals surface area contributed by atoms with Gasteiger partial charge in [-0.25, -0.2) is 13.1 Å². The molecule has 8 heteroatoms. The summed E-state index contributed by atoms with van der Waals surface area (Å²) in [6.45, 7) is 0.992.